The summed E-state index contributed by atoms with van der Waals surface area (Å²) in [4.78, 5) is 36.6. The van der Waals surface area contributed by atoms with Crippen molar-refractivity contribution in [1.82, 2.24) is 24.0 Å². The molecule has 1 aliphatic heterocycles. The molecule has 0 N–H and O–H groups in total. The number of aryl methyl sites for hydroxylation is 1. The zero-order valence-corrected chi connectivity index (χ0v) is 15.3. The van der Waals surface area contributed by atoms with E-state index in [0.29, 0.717) is 11.9 Å². The fraction of sp³-hybridized carbons (Fsp3) is 0.368. The normalized spacial score (nSPS) is 15.4. The van der Waals surface area contributed by atoms with Gasteiger partial charge in [0.1, 0.15) is 0 Å². The molecule has 0 bridgehead atoms. The second-order valence-corrected chi connectivity index (χ2v) is 6.79. The lowest BCUT2D eigenvalue weighted by Gasteiger charge is -2.36. The fourth-order valence-corrected chi connectivity index (χ4v) is 3.43. The third-order valence-corrected chi connectivity index (χ3v) is 5.08. The molecule has 8 heteroatoms. The maximum Gasteiger partial charge on any atom is 0.347 e. The molecule has 1 aliphatic rings. The molecule has 3 aromatic rings. The maximum absolute atomic E-state index is 12.1. The van der Waals surface area contributed by atoms with Gasteiger partial charge in [0.25, 0.3) is 5.56 Å². The summed E-state index contributed by atoms with van der Waals surface area (Å²) < 4.78 is 3.14. The molecule has 1 aromatic carbocycles. The van der Waals surface area contributed by atoms with Gasteiger partial charge in [-0.05, 0) is 24.3 Å². The monoisotopic (exact) mass is 366 g/mol. The summed E-state index contributed by atoms with van der Waals surface area (Å²) in [7, 11) is 1.71. The van der Waals surface area contributed by atoms with Crippen LogP contribution in [-0.2, 0) is 13.6 Å². The minimum Gasteiger partial charge on any atom is -0.369 e. The van der Waals surface area contributed by atoms with E-state index >= 15 is 0 Å². The second-order valence-electron chi connectivity index (χ2n) is 6.79. The van der Waals surface area contributed by atoms with Gasteiger partial charge in [-0.15, -0.1) is 0 Å². The highest BCUT2D eigenvalue weighted by molar-refractivity contribution is 5.81. The van der Waals surface area contributed by atoms with E-state index in [2.05, 4.69) is 19.8 Å². The number of rotatable bonds is 4. The van der Waals surface area contributed by atoms with Crippen molar-refractivity contribution in [2.75, 3.05) is 37.6 Å². The van der Waals surface area contributed by atoms with Crippen LogP contribution in [0.4, 0.5) is 5.69 Å². The summed E-state index contributed by atoms with van der Waals surface area (Å²) in [6, 6.07) is 7.62. The summed E-state index contributed by atoms with van der Waals surface area (Å²) in [5.74, 6) is 0. The zero-order chi connectivity index (χ0) is 18.8. The third kappa shape index (κ3) is 3.61. The van der Waals surface area contributed by atoms with Gasteiger partial charge < -0.3 is 9.47 Å². The molecule has 0 saturated carbocycles. The first-order valence-corrected chi connectivity index (χ1v) is 9.06. The predicted molar refractivity (Wildman–Crippen MR) is 104 cm³/mol. The summed E-state index contributed by atoms with van der Waals surface area (Å²) in [6.07, 6.45) is 4.86. The Labute approximate surface area is 156 Å². The quantitative estimate of drug-likeness (QED) is 0.662. The van der Waals surface area contributed by atoms with Gasteiger partial charge >= 0.3 is 5.69 Å². The summed E-state index contributed by atoms with van der Waals surface area (Å²) in [5, 5.41) is 0.643. The number of benzene rings is 1. The Morgan fingerprint density at radius 3 is 2.63 bits per heavy atom. The van der Waals surface area contributed by atoms with Crippen LogP contribution in [0.25, 0.3) is 10.9 Å². The Bertz CT molecular complexity index is 1070. The van der Waals surface area contributed by atoms with E-state index in [9.17, 15) is 9.59 Å². The SMILES string of the molecule is Cn1cnc2cc(N3CCN(CCn4cccnc4=O)CC3)ccc2c1=O. The Kier molecular flexibility index (Phi) is 4.72. The standard InChI is InChI=1S/C19H22N6O2/c1-22-14-21-17-13-15(3-4-16(17)18(22)26)24-10-7-23(8-11-24)9-12-25-6-2-5-20-19(25)27/h2-6,13-14H,7-12H2,1H3. The molecule has 4 rings (SSSR count). The molecule has 8 nitrogen and oxygen atoms in total. The lowest BCUT2D eigenvalue weighted by molar-refractivity contribution is 0.246. The lowest BCUT2D eigenvalue weighted by Crippen LogP contribution is -2.47. The molecule has 0 radical (unpaired) electrons. The van der Waals surface area contributed by atoms with Gasteiger partial charge in [-0.25, -0.2) is 14.8 Å². The maximum atomic E-state index is 12.1. The summed E-state index contributed by atoms with van der Waals surface area (Å²) in [5.41, 5.74) is 1.59. The van der Waals surface area contributed by atoms with Crippen LogP contribution in [0.1, 0.15) is 0 Å². The van der Waals surface area contributed by atoms with Crippen molar-refractivity contribution in [1.29, 1.82) is 0 Å². The van der Waals surface area contributed by atoms with Crippen molar-refractivity contribution in [3.8, 4) is 0 Å². The van der Waals surface area contributed by atoms with Gasteiger partial charge in [0.2, 0.25) is 0 Å². The number of fused-ring (bicyclic) bond motifs is 1. The van der Waals surface area contributed by atoms with Crippen LogP contribution in [0.5, 0.6) is 0 Å². The molecule has 1 fully saturated rings. The zero-order valence-electron chi connectivity index (χ0n) is 15.3. The van der Waals surface area contributed by atoms with Crippen molar-refractivity contribution in [3.05, 3.63) is 63.8 Å². The fourth-order valence-electron chi connectivity index (χ4n) is 3.43. The molecular weight excluding hydrogens is 344 g/mol. The van der Waals surface area contributed by atoms with Crippen LogP contribution >= 0.6 is 0 Å². The predicted octanol–water partition coefficient (Wildman–Crippen LogP) is 0.312. The number of aromatic nitrogens is 4. The Hall–Kier alpha value is -3.00. The van der Waals surface area contributed by atoms with E-state index in [-0.39, 0.29) is 11.2 Å². The van der Waals surface area contributed by atoms with Crippen LogP contribution < -0.4 is 16.1 Å². The summed E-state index contributed by atoms with van der Waals surface area (Å²) in [6.45, 7) is 5.13. The first kappa shape index (κ1) is 17.4. The van der Waals surface area contributed by atoms with E-state index in [4.69, 9.17) is 0 Å². The van der Waals surface area contributed by atoms with Gasteiger partial charge in [-0.3, -0.25) is 14.3 Å². The van der Waals surface area contributed by atoms with Crippen molar-refractivity contribution in [2.24, 2.45) is 7.05 Å². The first-order chi connectivity index (χ1) is 13.1. The van der Waals surface area contributed by atoms with Crippen LogP contribution in [0.15, 0.2) is 52.6 Å². The largest absolute Gasteiger partial charge is 0.369 e. The number of hydrogen-bond acceptors (Lipinski definition) is 6. The highest BCUT2D eigenvalue weighted by Crippen LogP contribution is 2.20. The van der Waals surface area contributed by atoms with Gasteiger partial charge in [-0.1, -0.05) is 0 Å². The topological polar surface area (TPSA) is 76.3 Å². The minimum absolute atomic E-state index is 0.0259. The van der Waals surface area contributed by atoms with Crippen LogP contribution in [0.2, 0.25) is 0 Å². The summed E-state index contributed by atoms with van der Waals surface area (Å²) >= 11 is 0. The van der Waals surface area contributed by atoms with Gasteiger partial charge in [0.15, 0.2) is 0 Å². The molecule has 27 heavy (non-hydrogen) atoms. The van der Waals surface area contributed by atoms with Gasteiger partial charge in [0.05, 0.1) is 17.2 Å². The van der Waals surface area contributed by atoms with Crippen molar-refractivity contribution < 1.29 is 0 Å². The minimum atomic E-state index is -0.203. The van der Waals surface area contributed by atoms with Gasteiger partial charge in [0, 0.05) is 64.4 Å². The lowest BCUT2D eigenvalue weighted by atomic mass is 10.2. The van der Waals surface area contributed by atoms with Crippen LogP contribution in [0.3, 0.4) is 0 Å². The molecule has 0 amide bonds. The molecule has 1 saturated heterocycles. The van der Waals surface area contributed by atoms with E-state index in [1.807, 2.05) is 18.2 Å². The van der Waals surface area contributed by atoms with Crippen molar-refractivity contribution >= 4 is 16.6 Å². The van der Waals surface area contributed by atoms with E-state index < -0.39 is 0 Å². The smallest absolute Gasteiger partial charge is 0.347 e. The Balaban J connectivity index is 1.40. The van der Waals surface area contributed by atoms with Crippen LogP contribution in [0, 0.1) is 0 Å². The molecular formula is C19H22N6O2. The highest BCUT2D eigenvalue weighted by atomic mass is 16.1. The van der Waals surface area contributed by atoms with Crippen molar-refractivity contribution in [3.63, 3.8) is 0 Å². The average Bonchev–Trinajstić information content (AvgIpc) is 2.70. The van der Waals surface area contributed by atoms with Crippen LogP contribution in [-0.4, -0.2) is 56.7 Å². The molecule has 140 valence electrons. The molecule has 2 aromatic heterocycles. The third-order valence-electron chi connectivity index (χ3n) is 5.08. The molecule has 0 spiro atoms. The number of anilines is 1. The molecule has 0 unspecified atom stereocenters. The molecule has 3 heterocycles. The number of hydrogen-bond donors (Lipinski definition) is 0. The van der Waals surface area contributed by atoms with Crippen molar-refractivity contribution in [2.45, 2.75) is 6.54 Å². The highest BCUT2D eigenvalue weighted by Gasteiger charge is 2.18. The van der Waals surface area contributed by atoms with E-state index in [1.165, 1.54) is 10.8 Å². The Morgan fingerprint density at radius 2 is 1.85 bits per heavy atom. The van der Waals surface area contributed by atoms with E-state index in [0.717, 1.165) is 43.9 Å². The first-order valence-electron chi connectivity index (χ1n) is 9.06. The Morgan fingerprint density at radius 1 is 1.04 bits per heavy atom. The van der Waals surface area contributed by atoms with Gasteiger partial charge in [-0.2, -0.15) is 0 Å². The van der Waals surface area contributed by atoms with E-state index in [1.54, 1.807) is 30.2 Å². The molecule has 0 aliphatic carbocycles. The molecule has 0 atom stereocenters. The number of piperazine rings is 1. The number of nitrogens with zero attached hydrogens (tertiary/aromatic N) is 6. The average molecular weight is 366 g/mol. The second kappa shape index (κ2) is 7.32.